The zero-order chi connectivity index (χ0) is 18.4. The number of methoxy groups -OCH3 is 2. The van der Waals surface area contributed by atoms with Gasteiger partial charge in [-0.05, 0) is 49.1 Å². The van der Waals surface area contributed by atoms with E-state index in [1.807, 2.05) is 44.2 Å². The summed E-state index contributed by atoms with van der Waals surface area (Å²) in [6, 6.07) is 11.0. The summed E-state index contributed by atoms with van der Waals surface area (Å²) in [5.41, 5.74) is 2.45. The van der Waals surface area contributed by atoms with Crippen molar-refractivity contribution < 1.29 is 24.1 Å². The Hall–Kier alpha value is -2.69. The highest BCUT2D eigenvalue weighted by Gasteiger charge is 2.23. The van der Waals surface area contributed by atoms with Crippen LogP contribution in [-0.2, 0) is 11.2 Å². The summed E-state index contributed by atoms with van der Waals surface area (Å²) in [4.78, 5) is 11.9. The van der Waals surface area contributed by atoms with Crippen molar-refractivity contribution >= 4 is 5.97 Å². The van der Waals surface area contributed by atoms with Crippen LogP contribution in [0.4, 0.5) is 0 Å². The first-order chi connectivity index (χ1) is 12.0. The summed E-state index contributed by atoms with van der Waals surface area (Å²) in [6.45, 7) is 4.41. The zero-order valence-electron chi connectivity index (χ0n) is 15.0. The highest BCUT2D eigenvalue weighted by atomic mass is 16.5. The van der Waals surface area contributed by atoms with E-state index in [2.05, 4.69) is 0 Å². The number of hydrogen-bond donors (Lipinski definition) is 1. The number of aryl methyl sites for hydroxylation is 1. The van der Waals surface area contributed by atoms with Crippen molar-refractivity contribution in [2.24, 2.45) is 0 Å². The highest BCUT2D eigenvalue weighted by Crippen LogP contribution is 2.35. The highest BCUT2D eigenvalue weighted by molar-refractivity contribution is 5.77. The van der Waals surface area contributed by atoms with Crippen LogP contribution < -0.4 is 14.2 Å². The Bertz CT molecular complexity index is 739. The molecule has 134 valence electrons. The molecule has 2 aromatic rings. The van der Waals surface area contributed by atoms with E-state index in [0.717, 1.165) is 22.4 Å². The van der Waals surface area contributed by atoms with Crippen molar-refractivity contribution in [3.8, 4) is 17.2 Å². The first-order valence-electron chi connectivity index (χ1n) is 8.17. The Labute approximate surface area is 148 Å². The Morgan fingerprint density at radius 2 is 1.88 bits per heavy atom. The number of carbonyl (C=O) groups is 1. The lowest BCUT2D eigenvalue weighted by Gasteiger charge is -2.18. The first kappa shape index (κ1) is 18.6. The maximum absolute atomic E-state index is 11.9. The van der Waals surface area contributed by atoms with Crippen LogP contribution in [0, 0.1) is 6.92 Å². The summed E-state index contributed by atoms with van der Waals surface area (Å²) in [7, 11) is 3.12. The Morgan fingerprint density at radius 1 is 1.12 bits per heavy atom. The van der Waals surface area contributed by atoms with Gasteiger partial charge in [0.15, 0.2) is 11.5 Å². The minimum atomic E-state index is -0.881. The smallest absolute Gasteiger partial charge is 0.311 e. The third-order valence-electron chi connectivity index (χ3n) is 4.11. The number of carboxylic acids is 1. The van der Waals surface area contributed by atoms with Gasteiger partial charge in [-0.15, -0.1) is 0 Å². The van der Waals surface area contributed by atoms with Gasteiger partial charge in [-0.25, -0.2) is 0 Å². The molecule has 0 bridgehead atoms. The molecule has 0 aliphatic carbocycles. The number of carboxylic acid groups (broad SMARTS) is 1. The molecule has 2 rings (SSSR count). The van der Waals surface area contributed by atoms with E-state index in [9.17, 15) is 9.90 Å². The number of para-hydroxylation sites is 1. The quantitative estimate of drug-likeness (QED) is 0.788. The maximum Gasteiger partial charge on any atom is 0.311 e. The molecule has 0 spiro atoms. The summed E-state index contributed by atoms with van der Waals surface area (Å²) < 4.78 is 16.3. The minimum absolute atomic E-state index is 0.309. The number of ether oxygens (including phenoxy) is 3. The molecule has 1 unspecified atom stereocenters. The van der Waals surface area contributed by atoms with Gasteiger partial charge >= 0.3 is 5.97 Å². The summed E-state index contributed by atoms with van der Waals surface area (Å²) in [6.07, 6.45) is 0.309. The second kappa shape index (κ2) is 8.42. The van der Waals surface area contributed by atoms with Crippen LogP contribution >= 0.6 is 0 Å². The second-order valence-electron chi connectivity index (χ2n) is 5.71. The van der Waals surface area contributed by atoms with E-state index in [4.69, 9.17) is 14.2 Å². The number of rotatable bonds is 8. The Morgan fingerprint density at radius 3 is 2.44 bits per heavy atom. The van der Waals surface area contributed by atoms with Crippen molar-refractivity contribution in [1.29, 1.82) is 0 Å². The molecule has 0 fully saturated rings. The topological polar surface area (TPSA) is 65.0 Å². The van der Waals surface area contributed by atoms with E-state index >= 15 is 0 Å². The van der Waals surface area contributed by atoms with Crippen LogP contribution in [0.25, 0.3) is 0 Å². The molecule has 0 aliphatic heterocycles. The molecule has 1 N–H and O–H groups in total. The number of benzene rings is 2. The fourth-order valence-electron chi connectivity index (χ4n) is 2.89. The third kappa shape index (κ3) is 4.24. The van der Waals surface area contributed by atoms with Gasteiger partial charge in [-0.3, -0.25) is 4.79 Å². The van der Waals surface area contributed by atoms with Crippen LogP contribution in [-0.4, -0.2) is 31.9 Å². The number of hydrogen-bond acceptors (Lipinski definition) is 4. The van der Waals surface area contributed by atoms with Crippen LogP contribution in [0.3, 0.4) is 0 Å². The van der Waals surface area contributed by atoms with Gasteiger partial charge in [0.25, 0.3) is 0 Å². The van der Waals surface area contributed by atoms with Gasteiger partial charge in [0, 0.05) is 0 Å². The molecule has 0 radical (unpaired) electrons. The maximum atomic E-state index is 11.9. The van der Waals surface area contributed by atoms with Crippen molar-refractivity contribution in [2.75, 3.05) is 20.8 Å². The SMILES string of the molecule is CCOc1ccc(C(Cc2cccc(OC)c2OC)C(=O)O)cc1C. The molecule has 0 saturated heterocycles. The van der Waals surface area contributed by atoms with Crippen molar-refractivity contribution in [3.63, 3.8) is 0 Å². The molecular weight excluding hydrogens is 320 g/mol. The summed E-state index contributed by atoms with van der Waals surface area (Å²) >= 11 is 0. The lowest BCUT2D eigenvalue weighted by Crippen LogP contribution is -2.15. The van der Waals surface area contributed by atoms with Crippen LogP contribution in [0.15, 0.2) is 36.4 Å². The Balaban J connectivity index is 2.37. The standard InChI is InChI=1S/C20H24O5/c1-5-25-17-10-9-14(11-13(17)2)16(20(21)22)12-15-7-6-8-18(23-3)19(15)24-4/h6-11,16H,5,12H2,1-4H3,(H,21,22). The molecule has 5 nitrogen and oxygen atoms in total. The predicted octanol–water partition coefficient (Wildman–Crippen LogP) is 3.82. The van der Waals surface area contributed by atoms with Crippen molar-refractivity contribution in [1.82, 2.24) is 0 Å². The van der Waals surface area contributed by atoms with E-state index < -0.39 is 11.9 Å². The average molecular weight is 344 g/mol. The van der Waals surface area contributed by atoms with Crippen LogP contribution in [0.1, 0.15) is 29.5 Å². The molecular formula is C20H24O5. The van der Waals surface area contributed by atoms with E-state index in [0.29, 0.717) is 24.5 Å². The van der Waals surface area contributed by atoms with Gasteiger partial charge < -0.3 is 19.3 Å². The predicted molar refractivity (Wildman–Crippen MR) is 96.0 cm³/mol. The molecule has 0 heterocycles. The van der Waals surface area contributed by atoms with Crippen molar-refractivity contribution in [2.45, 2.75) is 26.2 Å². The molecule has 0 saturated carbocycles. The molecule has 5 heteroatoms. The van der Waals surface area contributed by atoms with E-state index in [1.54, 1.807) is 20.3 Å². The van der Waals surface area contributed by atoms with Crippen LogP contribution in [0.2, 0.25) is 0 Å². The largest absolute Gasteiger partial charge is 0.494 e. The minimum Gasteiger partial charge on any atom is -0.494 e. The van der Waals surface area contributed by atoms with Gasteiger partial charge in [-0.1, -0.05) is 24.3 Å². The molecule has 2 aromatic carbocycles. The average Bonchev–Trinajstić information content (AvgIpc) is 2.60. The molecule has 1 atom stereocenters. The fourth-order valence-corrected chi connectivity index (χ4v) is 2.89. The molecule has 0 aromatic heterocycles. The van der Waals surface area contributed by atoms with E-state index in [-0.39, 0.29) is 0 Å². The van der Waals surface area contributed by atoms with E-state index in [1.165, 1.54) is 0 Å². The first-order valence-corrected chi connectivity index (χ1v) is 8.17. The van der Waals surface area contributed by atoms with Gasteiger partial charge in [-0.2, -0.15) is 0 Å². The normalized spacial score (nSPS) is 11.7. The number of aliphatic carboxylic acids is 1. The Kier molecular flexibility index (Phi) is 6.28. The molecule has 25 heavy (non-hydrogen) atoms. The summed E-state index contributed by atoms with van der Waals surface area (Å²) in [5, 5.41) is 9.74. The van der Waals surface area contributed by atoms with Gasteiger partial charge in [0.05, 0.1) is 26.7 Å². The fraction of sp³-hybridized carbons (Fsp3) is 0.350. The van der Waals surface area contributed by atoms with Gasteiger partial charge in [0.1, 0.15) is 5.75 Å². The lowest BCUT2D eigenvalue weighted by molar-refractivity contribution is -0.138. The molecule has 0 amide bonds. The lowest BCUT2D eigenvalue weighted by atomic mass is 9.90. The van der Waals surface area contributed by atoms with Crippen LogP contribution in [0.5, 0.6) is 17.2 Å². The third-order valence-corrected chi connectivity index (χ3v) is 4.11. The van der Waals surface area contributed by atoms with Crippen molar-refractivity contribution in [3.05, 3.63) is 53.1 Å². The summed E-state index contributed by atoms with van der Waals surface area (Å²) in [5.74, 6) is 0.365. The monoisotopic (exact) mass is 344 g/mol. The second-order valence-corrected chi connectivity index (χ2v) is 5.71. The zero-order valence-corrected chi connectivity index (χ0v) is 15.0. The molecule has 0 aliphatic rings. The van der Waals surface area contributed by atoms with Gasteiger partial charge in [0.2, 0.25) is 0 Å².